The molecule has 0 bridgehead atoms. The fourth-order valence-corrected chi connectivity index (χ4v) is 1.41. The summed E-state index contributed by atoms with van der Waals surface area (Å²) in [4.78, 5) is 0. The maximum Gasteiger partial charge on any atom is 0.189 e. The molecule has 0 radical (unpaired) electrons. The summed E-state index contributed by atoms with van der Waals surface area (Å²) in [6.07, 6.45) is 0.657. The molecule has 0 fully saturated rings. The van der Waals surface area contributed by atoms with Gasteiger partial charge < -0.3 is 19.3 Å². The van der Waals surface area contributed by atoms with Crippen molar-refractivity contribution >= 4 is 0 Å². The van der Waals surface area contributed by atoms with Gasteiger partial charge in [0, 0.05) is 12.2 Å². The van der Waals surface area contributed by atoms with Crippen molar-refractivity contribution < 1.29 is 19.3 Å². The molecular weight excluding hydrogens is 220 g/mol. The smallest absolute Gasteiger partial charge is 0.189 e. The standard InChI is InChI=1S/C13H18O4/c1-4-11(14)10-7-6-8-12(13(10)15-3)17-9-16-5-2/h4,6-8,11,14H,1,5,9H2,2-3H3. The second-order valence-corrected chi connectivity index (χ2v) is 3.31. The monoisotopic (exact) mass is 238 g/mol. The summed E-state index contributed by atoms with van der Waals surface area (Å²) in [6, 6.07) is 5.31. The van der Waals surface area contributed by atoms with Crippen LogP contribution in [0.4, 0.5) is 0 Å². The van der Waals surface area contributed by atoms with Gasteiger partial charge in [0.05, 0.1) is 7.11 Å². The van der Waals surface area contributed by atoms with Crippen LogP contribution in [-0.2, 0) is 4.74 Å². The van der Waals surface area contributed by atoms with Crippen LogP contribution in [0, 0.1) is 0 Å². The van der Waals surface area contributed by atoms with Crippen LogP contribution < -0.4 is 9.47 Å². The summed E-state index contributed by atoms with van der Waals surface area (Å²) < 4.78 is 15.8. The second kappa shape index (κ2) is 6.93. The predicted octanol–water partition coefficient (Wildman–Crippen LogP) is 2.29. The molecule has 0 aliphatic heterocycles. The summed E-state index contributed by atoms with van der Waals surface area (Å²) in [6.45, 7) is 6.17. The fourth-order valence-electron chi connectivity index (χ4n) is 1.41. The first-order valence-electron chi connectivity index (χ1n) is 5.42. The van der Waals surface area contributed by atoms with Crippen LogP contribution in [0.1, 0.15) is 18.6 Å². The number of benzene rings is 1. The van der Waals surface area contributed by atoms with Crippen LogP contribution >= 0.6 is 0 Å². The van der Waals surface area contributed by atoms with E-state index in [4.69, 9.17) is 14.2 Å². The highest BCUT2D eigenvalue weighted by Gasteiger charge is 2.14. The highest BCUT2D eigenvalue weighted by atomic mass is 16.7. The third-order valence-electron chi connectivity index (χ3n) is 2.26. The zero-order chi connectivity index (χ0) is 12.7. The molecule has 0 spiro atoms. The lowest BCUT2D eigenvalue weighted by atomic mass is 10.1. The van der Waals surface area contributed by atoms with E-state index in [1.54, 1.807) is 18.2 Å². The van der Waals surface area contributed by atoms with Crippen molar-refractivity contribution in [2.75, 3.05) is 20.5 Å². The molecule has 0 amide bonds. The highest BCUT2D eigenvalue weighted by Crippen LogP contribution is 2.35. The van der Waals surface area contributed by atoms with Gasteiger partial charge in [0.25, 0.3) is 0 Å². The molecule has 0 saturated carbocycles. The van der Waals surface area contributed by atoms with E-state index in [-0.39, 0.29) is 6.79 Å². The number of para-hydroxylation sites is 1. The molecule has 0 aliphatic rings. The fraction of sp³-hybridized carbons (Fsp3) is 0.385. The quantitative estimate of drug-likeness (QED) is 0.450. The Hall–Kier alpha value is -1.52. The Morgan fingerprint density at radius 1 is 1.47 bits per heavy atom. The molecular formula is C13H18O4. The Morgan fingerprint density at radius 2 is 2.24 bits per heavy atom. The van der Waals surface area contributed by atoms with Crippen molar-refractivity contribution in [3.05, 3.63) is 36.4 Å². The zero-order valence-electron chi connectivity index (χ0n) is 10.2. The van der Waals surface area contributed by atoms with Gasteiger partial charge in [-0.25, -0.2) is 0 Å². The van der Waals surface area contributed by atoms with Crippen molar-refractivity contribution in [2.24, 2.45) is 0 Å². The summed E-state index contributed by atoms with van der Waals surface area (Å²) in [5, 5.41) is 9.75. The van der Waals surface area contributed by atoms with Crippen LogP contribution in [0.5, 0.6) is 11.5 Å². The van der Waals surface area contributed by atoms with Crippen LogP contribution in [0.15, 0.2) is 30.9 Å². The van der Waals surface area contributed by atoms with Gasteiger partial charge in [-0.1, -0.05) is 18.2 Å². The van der Waals surface area contributed by atoms with Crippen LogP contribution in [0.25, 0.3) is 0 Å². The van der Waals surface area contributed by atoms with Crippen molar-refractivity contribution in [1.82, 2.24) is 0 Å². The molecule has 1 atom stereocenters. The van der Waals surface area contributed by atoms with E-state index in [2.05, 4.69) is 6.58 Å². The minimum absolute atomic E-state index is 0.153. The number of rotatable bonds is 7. The van der Waals surface area contributed by atoms with Crippen LogP contribution in [0.3, 0.4) is 0 Å². The van der Waals surface area contributed by atoms with Crippen molar-refractivity contribution in [2.45, 2.75) is 13.0 Å². The number of hydrogen-bond donors (Lipinski definition) is 1. The van der Waals surface area contributed by atoms with E-state index < -0.39 is 6.10 Å². The molecule has 0 heterocycles. The molecule has 4 heteroatoms. The molecule has 0 aromatic heterocycles. The van der Waals surface area contributed by atoms with Gasteiger partial charge in [0.2, 0.25) is 0 Å². The van der Waals surface area contributed by atoms with Gasteiger partial charge in [-0.2, -0.15) is 0 Å². The lowest BCUT2D eigenvalue weighted by molar-refractivity contribution is 0.0207. The summed E-state index contributed by atoms with van der Waals surface area (Å²) in [7, 11) is 1.53. The third kappa shape index (κ3) is 3.47. The molecule has 94 valence electrons. The maximum absolute atomic E-state index is 9.75. The van der Waals surface area contributed by atoms with Gasteiger partial charge >= 0.3 is 0 Å². The topological polar surface area (TPSA) is 47.9 Å². The minimum atomic E-state index is -0.777. The number of aliphatic hydroxyl groups excluding tert-OH is 1. The maximum atomic E-state index is 9.75. The van der Waals surface area contributed by atoms with Crippen molar-refractivity contribution in [3.63, 3.8) is 0 Å². The average molecular weight is 238 g/mol. The third-order valence-corrected chi connectivity index (χ3v) is 2.26. The molecule has 1 aromatic carbocycles. The largest absolute Gasteiger partial charge is 0.492 e. The van der Waals surface area contributed by atoms with Gasteiger partial charge in [-0.3, -0.25) is 0 Å². The lowest BCUT2D eigenvalue weighted by Crippen LogP contribution is -2.05. The summed E-state index contributed by atoms with van der Waals surface area (Å²) in [5.41, 5.74) is 0.622. The number of methoxy groups -OCH3 is 1. The molecule has 1 unspecified atom stereocenters. The van der Waals surface area contributed by atoms with Gasteiger partial charge in [-0.15, -0.1) is 6.58 Å². The Morgan fingerprint density at radius 3 is 2.82 bits per heavy atom. The van der Waals surface area contributed by atoms with E-state index in [1.165, 1.54) is 13.2 Å². The first kappa shape index (κ1) is 13.5. The molecule has 1 rings (SSSR count). The van der Waals surface area contributed by atoms with Gasteiger partial charge in [-0.05, 0) is 13.0 Å². The molecule has 0 saturated heterocycles. The van der Waals surface area contributed by atoms with Crippen molar-refractivity contribution in [3.8, 4) is 11.5 Å². The number of hydrogen-bond acceptors (Lipinski definition) is 4. The molecule has 1 N–H and O–H groups in total. The van der Waals surface area contributed by atoms with E-state index in [9.17, 15) is 5.11 Å². The minimum Gasteiger partial charge on any atom is -0.492 e. The van der Waals surface area contributed by atoms with Crippen LogP contribution in [0.2, 0.25) is 0 Å². The van der Waals surface area contributed by atoms with Gasteiger partial charge in [0.1, 0.15) is 6.10 Å². The average Bonchev–Trinajstić information content (AvgIpc) is 2.37. The molecule has 1 aromatic rings. The number of ether oxygens (including phenoxy) is 3. The SMILES string of the molecule is C=CC(O)c1cccc(OCOCC)c1OC. The Bertz CT molecular complexity index is 362. The normalized spacial score (nSPS) is 11.9. The van der Waals surface area contributed by atoms with Crippen molar-refractivity contribution in [1.29, 1.82) is 0 Å². The summed E-state index contributed by atoms with van der Waals surface area (Å²) >= 11 is 0. The summed E-state index contributed by atoms with van der Waals surface area (Å²) in [5.74, 6) is 1.04. The van der Waals surface area contributed by atoms with Gasteiger partial charge in [0.15, 0.2) is 18.3 Å². The Kier molecular flexibility index (Phi) is 5.52. The first-order chi connectivity index (χ1) is 8.24. The Balaban J connectivity index is 2.93. The predicted molar refractivity (Wildman–Crippen MR) is 65.3 cm³/mol. The molecule has 4 nitrogen and oxygen atoms in total. The highest BCUT2D eigenvalue weighted by molar-refractivity contribution is 5.48. The first-order valence-corrected chi connectivity index (χ1v) is 5.42. The molecule has 0 aliphatic carbocycles. The van der Waals surface area contributed by atoms with E-state index >= 15 is 0 Å². The molecule has 17 heavy (non-hydrogen) atoms. The lowest BCUT2D eigenvalue weighted by Gasteiger charge is -2.15. The number of aliphatic hydroxyl groups is 1. The van der Waals surface area contributed by atoms with E-state index in [0.717, 1.165) is 0 Å². The van der Waals surface area contributed by atoms with E-state index in [1.807, 2.05) is 6.92 Å². The van der Waals surface area contributed by atoms with Crippen LogP contribution in [-0.4, -0.2) is 25.6 Å². The Labute approximate surface area is 101 Å². The second-order valence-electron chi connectivity index (χ2n) is 3.31. The zero-order valence-corrected chi connectivity index (χ0v) is 10.2. The van der Waals surface area contributed by atoms with E-state index in [0.29, 0.717) is 23.7 Å².